The maximum atomic E-state index is 11.7. The number of halogens is 2. The Balaban J connectivity index is 1.92. The first kappa shape index (κ1) is 11.9. The standard InChI is InChI=1S/C12H13Cl2NO/c13-11-2-1-8(5-12(11)14)3-10(16)4-9-6-15-7-9/h1-2,5,9,15H,3-4,6-7H2. The first-order valence-corrected chi connectivity index (χ1v) is 6.07. The predicted octanol–water partition coefficient (Wildman–Crippen LogP) is 2.71. The Morgan fingerprint density at radius 2 is 2.06 bits per heavy atom. The predicted molar refractivity (Wildman–Crippen MR) is 66.1 cm³/mol. The number of carbonyl (C=O) groups excluding carboxylic acids is 1. The second-order valence-electron chi connectivity index (χ2n) is 4.19. The summed E-state index contributed by atoms with van der Waals surface area (Å²) in [6.45, 7) is 1.93. The molecule has 1 saturated heterocycles. The van der Waals surface area contributed by atoms with E-state index in [0.717, 1.165) is 18.7 Å². The molecule has 0 radical (unpaired) electrons. The lowest BCUT2D eigenvalue weighted by molar-refractivity contribution is -0.119. The van der Waals surface area contributed by atoms with Crippen molar-refractivity contribution in [2.75, 3.05) is 13.1 Å². The van der Waals surface area contributed by atoms with Gasteiger partial charge >= 0.3 is 0 Å². The molecule has 0 spiro atoms. The SMILES string of the molecule is O=C(Cc1ccc(Cl)c(Cl)c1)CC1CNC1. The lowest BCUT2D eigenvalue weighted by Crippen LogP contribution is -2.43. The van der Waals surface area contributed by atoms with E-state index in [1.165, 1.54) is 0 Å². The number of rotatable bonds is 4. The van der Waals surface area contributed by atoms with Crippen LogP contribution in [-0.4, -0.2) is 18.9 Å². The molecule has 0 bridgehead atoms. The molecular weight excluding hydrogens is 245 g/mol. The minimum absolute atomic E-state index is 0.268. The van der Waals surface area contributed by atoms with Crippen molar-refractivity contribution in [2.24, 2.45) is 5.92 Å². The van der Waals surface area contributed by atoms with Crippen molar-refractivity contribution in [3.8, 4) is 0 Å². The third-order valence-corrected chi connectivity index (χ3v) is 3.51. The van der Waals surface area contributed by atoms with Crippen LogP contribution >= 0.6 is 23.2 Å². The maximum Gasteiger partial charge on any atom is 0.137 e. The van der Waals surface area contributed by atoms with Crippen LogP contribution in [0.25, 0.3) is 0 Å². The minimum Gasteiger partial charge on any atom is -0.316 e. The summed E-state index contributed by atoms with van der Waals surface area (Å²) in [5, 5.41) is 4.20. The second-order valence-corrected chi connectivity index (χ2v) is 5.01. The summed E-state index contributed by atoms with van der Waals surface area (Å²) in [6.07, 6.45) is 1.11. The van der Waals surface area contributed by atoms with Crippen molar-refractivity contribution in [1.82, 2.24) is 5.32 Å². The highest BCUT2D eigenvalue weighted by molar-refractivity contribution is 6.42. The van der Waals surface area contributed by atoms with Crippen molar-refractivity contribution in [1.29, 1.82) is 0 Å². The zero-order valence-corrected chi connectivity index (χ0v) is 10.3. The molecule has 0 aromatic heterocycles. The largest absolute Gasteiger partial charge is 0.316 e. The van der Waals surface area contributed by atoms with Gasteiger partial charge in [-0.2, -0.15) is 0 Å². The van der Waals surface area contributed by atoms with Crippen molar-refractivity contribution < 1.29 is 4.79 Å². The lowest BCUT2D eigenvalue weighted by atomic mass is 9.94. The molecule has 1 fully saturated rings. The molecule has 1 heterocycles. The molecule has 1 aromatic carbocycles. The van der Waals surface area contributed by atoms with Gasteiger partial charge in [-0.3, -0.25) is 4.79 Å². The third-order valence-electron chi connectivity index (χ3n) is 2.77. The van der Waals surface area contributed by atoms with Gasteiger partial charge in [0.25, 0.3) is 0 Å². The summed E-state index contributed by atoms with van der Waals surface area (Å²) in [5.41, 5.74) is 0.937. The van der Waals surface area contributed by atoms with E-state index in [0.29, 0.717) is 28.8 Å². The number of carbonyl (C=O) groups is 1. The highest BCUT2D eigenvalue weighted by atomic mass is 35.5. The molecule has 16 heavy (non-hydrogen) atoms. The Bertz CT molecular complexity index is 402. The molecule has 2 nitrogen and oxygen atoms in total. The van der Waals surface area contributed by atoms with Gasteiger partial charge in [0.05, 0.1) is 10.0 Å². The van der Waals surface area contributed by atoms with E-state index in [1.54, 1.807) is 12.1 Å². The van der Waals surface area contributed by atoms with E-state index < -0.39 is 0 Å². The first-order chi connectivity index (χ1) is 7.65. The molecule has 1 aromatic rings. The molecule has 86 valence electrons. The Morgan fingerprint density at radius 3 is 2.62 bits per heavy atom. The fraction of sp³-hybridized carbons (Fsp3) is 0.417. The second kappa shape index (κ2) is 5.17. The van der Waals surface area contributed by atoms with Crippen LogP contribution in [0.15, 0.2) is 18.2 Å². The van der Waals surface area contributed by atoms with Gasteiger partial charge in [0.15, 0.2) is 0 Å². The van der Waals surface area contributed by atoms with E-state index in [4.69, 9.17) is 23.2 Å². The van der Waals surface area contributed by atoms with Gasteiger partial charge in [0.2, 0.25) is 0 Å². The van der Waals surface area contributed by atoms with Crippen LogP contribution in [0.4, 0.5) is 0 Å². The zero-order valence-electron chi connectivity index (χ0n) is 8.80. The zero-order chi connectivity index (χ0) is 11.5. The smallest absolute Gasteiger partial charge is 0.137 e. The van der Waals surface area contributed by atoms with Gasteiger partial charge in [-0.1, -0.05) is 29.3 Å². The number of hydrogen-bond donors (Lipinski definition) is 1. The van der Waals surface area contributed by atoms with Crippen LogP contribution < -0.4 is 5.32 Å². The number of benzene rings is 1. The van der Waals surface area contributed by atoms with Crippen LogP contribution in [0, 0.1) is 5.92 Å². The van der Waals surface area contributed by atoms with Crippen LogP contribution in [0.3, 0.4) is 0 Å². The summed E-state index contributed by atoms with van der Waals surface area (Å²) in [5.74, 6) is 0.792. The Kier molecular flexibility index (Phi) is 3.85. The van der Waals surface area contributed by atoms with Gasteiger partial charge < -0.3 is 5.32 Å². The summed E-state index contributed by atoms with van der Waals surface area (Å²) in [4.78, 5) is 11.7. The minimum atomic E-state index is 0.268. The molecule has 4 heteroatoms. The Labute approximate surface area is 105 Å². The number of hydrogen-bond acceptors (Lipinski definition) is 2. The summed E-state index contributed by atoms with van der Waals surface area (Å²) in [6, 6.07) is 5.35. The van der Waals surface area contributed by atoms with Gasteiger partial charge in [-0.15, -0.1) is 0 Å². The van der Waals surface area contributed by atoms with Crippen LogP contribution in [0.5, 0.6) is 0 Å². The Morgan fingerprint density at radius 1 is 1.31 bits per heavy atom. The van der Waals surface area contributed by atoms with E-state index in [9.17, 15) is 4.79 Å². The van der Waals surface area contributed by atoms with Crippen molar-refractivity contribution >= 4 is 29.0 Å². The molecule has 2 rings (SSSR count). The van der Waals surface area contributed by atoms with Gasteiger partial charge in [-0.25, -0.2) is 0 Å². The van der Waals surface area contributed by atoms with Crippen LogP contribution in [0.2, 0.25) is 10.0 Å². The highest BCUT2D eigenvalue weighted by Gasteiger charge is 2.20. The first-order valence-electron chi connectivity index (χ1n) is 5.31. The quantitative estimate of drug-likeness (QED) is 0.899. The van der Waals surface area contributed by atoms with E-state index >= 15 is 0 Å². The maximum absolute atomic E-state index is 11.7. The molecule has 0 aliphatic carbocycles. The molecule has 0 unspecified atom stereocenters. The van der Waals surface area contributed by atoms with Crippen molar-refractivity contribution in [2.45, 2.75) is 12.8 Å². The molecule has 0 amide bonds. The summed E-state index contributed by atoms with van der Waals surface area (Å²) < 4.78 is 0. The monoisotopic (exact) mass is 257 g/mol. The third kappa shape index (κ3) is 2.97. The van der Waals surface area contributed by atoms with Crippen LogP contribution in [0.1, 0.15) is 12.0 Å². The van der Waals surface area contributed by atoms with E-state index in [-0.39, 0.29) is 5.78 Å². The number of Topliss-reactive ketones (excluding diaryl/α,β-unsaturated/α-hetero) is 1. The van der Waals surface area contributed by atoms with Crippen molar-refractivity contribution in [3.05, 3.63) is 33.8 Å². The Hall–Kier alpha value is -0.570. The number of nitrogens with one attached hydrogen (secondary N) is 1. The lowest BCUT2D eigenvalue weighted by Gasteiger charge is -2.26. The summed E-state index contributed by atoms with van der Waals surface area (Å²) >= 11 is 11.7. The van der Waals surface area contributed by atoms with Gasteiger partial charge in [-0.05, 0) is 36.7 Å². The van der Waals surface area contributed by atoms with E-state index in [1.807, 2.05) is 6.07 Å². The average molecular weight is 258 g/mol. The molecule has 0 atom stereocenters. The average Bonchev–Trinajstić information content (AvgIpc) is 2.18. The highest BCUT2D eigenvalue weighted by Crippen LogP contribution is 2.23. The van der Waals surface area contributed by atoms with E-state index in [2.05, 4.69) is 5.32 Å². The normalized spacial score (nSPS) is 15.9. The molecule has 1 aliphatic heterocycles. The fourth-order valence-electron chi connectivity index (χ4n) is 1.76. The fourth-order valence-corrected chi connectivity index (χ4v) is 2.08. The molecule has 1 N–H and O–H groups in total. The summed E-state index contributed by atoms with van der Waals surface area (Å²) in [7, 11) is 0. The van der Waals surface area contributed by atoms with Gasteiger partial charge in [0.1, 0.15) is 5.78 Å². The molecule has 0 saturated carbocycles. The number of ketones is 1. The van der Waals surface area contributed by atoms with Crippen molar-refractivity contribution in [3.63, 3.8) is 0 Å². The molecule has 1 aliphatic rings. The van der Waals surface area contributed by atoms with Gasteiger partial charge in [0, 0.05) is 12.8 Å². The molecular formula is C12H13Cl2NO. The topological polar surface area (TPSA) is 29.1 Å². The van der Waals surface area contributed by atoms with Crippen LogP contribution in [-0.2, 0) is 11.2 Å².